The molecule has 0 N–H and O–H groups in total. The van der Waals surface area contributed by atoms with E-state index in [1.165, 1.54) is 0 Å². The maximum atomic E-state index is 12.0. The molecule has 1 aromatic heterocycles. The molecular weight excluding hydrogens is 266 g/mol. The average Bonchev–Trinajstić information content (AvgIpc) is 2.60. The third-order valence-corrected chi connectivity index (χ3v) is 4.44. The predicted octanol–water partition coefficient (Wildman–Crippen LogP) is 4.23. The van der Waals surface area contributed by atoms with Gasteiger partial charge in [0, 0.05) is 28.7 Å². The molecule has 2 nitrogen and oxygen atoms in total. The number of hydrogen-bond acceptors (Lipinski definition) is 2. The van der Waals surface area contributed by atoms with Crippen LogP contribution in [0.2, 0.25) is 0 Å². The molecule has 18 heavy (non-hydrogen) atoms. The number of halogens is 1. The number of thioether (sulfide) groups is 1. The molecule has 0 aliphatic carbocycles. The lowest BCUT2D eigenvalue weighted by atomic mass is 10.1. The fourth-order valence-electron chi connectivity index (χ4n) is 2.28. The van der Waals surface area contributed by atoms with E-state index in [-0.39, 0.29) is 5.78 Å². The summed E-state index contributed by atoms with van der Waals surface area (Å²) in [6.07, 6.45) is 0. The third kappa shape index (κ3) is 3.33. The molecule has 0 spiro atoms. The molecule has 0 amide bonds. The second-order valence-corrected chi connectivity index (χ2v) is 6.62. The Hall–Kier alpha value is -0.410. The van der Waals surface area contributed by atoms with Gasteiger partial charge < -0.3 is 4.57 Å². The summed E-state index contributed by atoms with van der Waals surface area (Å²) in [5.41, 5.74) is 2.94. The number of aromatic nitrogens is 1. The third-order valence-electron chi connectivity index (χ3n) is 3.12. The fraction of sp³-hybridized carbons (Fsp3) is 0.643. The van der Waals surface area contributed by atoms with Crippen LogP contribution in [0.25, 0.3) is 0 Å². The van der Waals surface area contributed by atoms with Crippen molar-refractivity contribution in [2.24, 2.45) is 0 Å². The van der Waals surface area contributed by atoms with E-state index >= 15 is 0 Å². The smallest absolute Gasteiger partial charge is 0.182 e. The van der Waals surface area contributed by atoms with E-state index < -0.39 is 5.38 Å². The molecule has 1 aromatic rings. The van der Waals surface area contributed by atoms with Crippen LogP contribution < -0.4 is 0 Å². The van der Waals surface area contributed by atoms with Gasteiger partial charge in [-0.3, -0.25) is 4.79 Å². The van der Waals surface area contributed by atoms with Gasteiger partial charge in [-0.15, -0.1) is 11.6 Å². The Morgan fingerprint density at radius 2 is 2.06 bits per heavy atom. The largest absolute Gasteiger partial charge is 0.345 e. The van der Waals surface area contributed by atoms with E-state index in [1.54, 1.807) is 6.92 Å². The lowest BCUT2D eigenvalue weighted by Crippen LogP contribution is -2.14. The first kappa shape index (κ1) is 15.6. The van der Waals surface area contributed by atoms with Crippen molar-refractivity contribution in [3.05, 3.63) is 23.0 Å². The van der Waals surface area contributed by atoms with Gasteiger partial charge in [0.1, 0.15) is 0 Å². The molecular formula is C14H22ClNOS. The number of aryl methyl sites for hydroxylation is 1. The summed E-state index contributed by atoms with van der Waals surface area (Å²) in [5.74, 6) is 2.21. The van der Waals surface area contributed by atoms with Crippen LogP contribution in [0.5, 0.6) is 0 Å². The number of ketones is 1. The quantitative estimate of drug-likeness (QED) is 0.577. The van der Waals surface area contributed by atoms with Gasteiger partial charge in [-0.1, -0.05) is 6.92 Å². The van der Waals surface area contributed by atoms with E-state index in [0.29, 0.717) is 6.04 Å². The lowest BCUT2D eigenvalue weighted by Gasteiger charge is -2.18. The lowest BCUT2D eigenvalue weighted by molar-refractivity contribution is 0.0991. The Balaban J connectivity index is 3.04. The molecule has 0 saturated carbocycles. The molecule has 0 radical (unpaired) electrons. The monoisotopic (exact) mass is 287 g/mol. The number of rotatable bonds is 6. The van der Waals surface area contributed by atoms with Gasteiger partial charge in [0.25, 0.3) is 0 Å². The van der Waals surface area contributed by atoms with E-state index in [2.05, 4.69) is 25.3 Å². The highest BCUT2D eigenvalue weighted by Gasteiger charge is 2.21. The van der Waals surface area contributed by atoms with Crippen molar-refractivity contribution in [3.63, 3.8) is 0 Å². The van der Waals surface area contributed by atoms with Gasteiger partial charge in [0.2, 0.25) is 0 Å². The average molecular weight is 288 g/mol. The molecule has 1 heterocycles. The molecule has 0 aliphatic heterocycles. The van der Waals surface area contributed by atoms with Crippen molar-refractivity contribution in [2.75, 3.05) is 11.5 Å². The van der Waals surface area contributed by atoms with E-state index in [9.17, 15) is 4.79 Å². The van der Waals surface area contributed by atoms with Crippen molar-refractivity contribution < 1.29 is 4.79 Å². The second-order valence-electron chi connectivity index (χ2n) is 4.64. The van der Waals surface area contributed by atoms with Crippen LogP contribution in [0.1, 0.15) is 48.6 Å². The van der Waals surface area contributed by atoms with Gasteiger partial charge in [-0.2, -0.15) is 11.8 Å². The number of nitrogens with zero attached hydrogens (tertiary/aromatic N) is 1. The zero-order chi connectivity index (χ0) is 13.9. The second kappa shape index (κ2) is 6.67. The SMILES string of the molecule is CCSCC(C)n1c(C)cc(C(=O)C(C)Cl)c1C. The van der Waals surface area contributed by atoms with Crippen LogP contribution in [0.4, 0.5) is 0 Å². The Morgan fingerprint density at radius 3 is 2.56 bits per heavy atom. The zero-order valence-corrected chi connectivity index (χ0v) is 13.4. The van der Waals surface area contributed by atoms with E-state index in [1.807, 2.05) is 24.8 Å². The van der Waals surface area contributed by atoms with Gasteiger partial charge in [0.05, 0.1) is 5.38 Å². The minimum atomic E-state index is -0.459. The van der Waals surface area contributed by atoms with Gasteiger partial charge in [0.15, 0.2) is 5.78 Å². The summed E-state index contributed by atoms with van der Waals surface area (Å²) in [5, 5.41) is -0.459. The van der Waals surface area contributed by atoms with Crippen LogP contribution in [0.15, 0.2) is 6.07 Å². The Bertz CT molecular complexity index is 426. The molecule has 0 fully saturated rings. The first-order chi connectivity index (χ1) is 8.40. The molecule has 0 aromatic carbocycles. The molecule has 0 aliphatic rings. The van der Waals surface area contributed by atoms with E-state index in [4.69, 9.17) is 11.6 Å². The summed E-state index contributed by atoms with van der Waals surface area (Å²) in [6, 6.07) is 2.37. The van der Waals surface area contributed by atoms with Crippen molar-refractivity contribution >= 4 is 29.1 Å². The molecule has 4 heteroatoms. The van der Waals surface area contributed by atoms with Crippen molar-refractivity contribution in [3.8, 4) is 0 Å². The molecule has 2 atom stereocenters. The minimum absolute atomic E-state index is 0.0198. The Labute approximate surface area is 119 Å². The normalized spacial score (nSPS) is 14.6. The highest BCUT2D eigenvalue weighted by atomic mass is 35.5. The highest BCUT2D eigenvalue weighted by molar-refractivity contribution is 7.99. The topological polar surface area (TPSA) is 22.0 Å². The number of carbonyl (C=O) groups is 1. The fourth-order valence-corrected chi connectivity index (χ4v) is 3.13. The van der Waals surface area contributed by atoms with Crippen molar-refractivity contribution in [1.82, 2.24) is 4.57 Å². The number of Topliss-reactive ketones (excluding diaryl/α,β-unsaturated/α-hetero) is 1. The van der Waals surface area contributed by atoms with Gasteiger partial charge in [-0.25, -0.2) is 0 Å². The summed E-state index contributed by atoms with van der Waals surface area (Å²) in [6.45, 7) is 10.1. The summed E-state index contributed by atoms with van der Waals surface area (Å²) < 4.78 is 2.25. The van der Waals surface area contributed by atoms with Crippen LogP contribution in [-0.2, 0) is 0 Å². The van der Waals surface area contributed by atoms with Crippen LogP contribution >= 0.6 is 23.4 Å². The molecule has 0 saturated heterocycles. The molecule has 2 unspecified atom stereocenters. The molecule has 0 bridgehead atoms. The maximum Gasteiger partial charge on any atom is 0.182 e. The zero-order valence-electron chi connectivity index (χ0n) is 11.8. The first-order valence-corrected chi connectivity index (χ1v) is 7.93. The summed E-state index contributed by atoms with van der Waals surface area (Å²) >= 11 is 7.82. The number of hydrogen-bond donors (Lipinski definition) is 0. The summed E-state index contributed by atoms with van der Waals surface area (Å²) in [4.78, 5) is 12.0. The van der Waals surface area contributed by atoms with E-state index in [0.717, 1.165) is 28.5 Å². The standard InChI is InChI=1S/C14H22ClNOS/c1-6-18-8-10(3)16-9(2)7-13(12(16)5)14(17)11(4)15/h7,10-11H,6,8H2,1-5H3. The molecule has 1 rings (SSSR count). The molecule has 102 valence electrons. The van der Waals surface area contributed by atoms with Crippen molar-refractivity contribution in [2.45, 2.75) is 46.0 Å². The number of alkyl halides is 1. The number of carbonyl (C=O) groups excluding carboxylic acids is 1. The minimum Gasteiger partial charge on any atom is -0.345 e. The van der Waals surface area contributed by atoms with Crippen LogP contribution in [0.3, 0.4) is 0 Å². The van der Waals surface area contributed by atoms with Crippen LogP contribution in [-0.4, -0.2) is 27.2 Å². The predicted molar refractivity (Wildman–Crippen MR) is 81.3 cm³/mol. The Kier molecular flexibility index (Phi) is 5.80. The Morgan fingerprint density at radius 1 is 1.44 bits per heavy atom. The van der Waals surface area contributed by atoms with Gasteiger partial charge in [-0.05, 0) is 39.5 Å². The van der Waals surface area contributed by atoms with Crippen LogP contribution in [0, 0.1) is 13.8 Å². The maximum absolute atomic E-state index is 12.0. The van der Waals surface area contributed by atoms with Gasteiger partial charge >= 0.3 is 0 Å². The highest BCUT2D eigenvalue weighted by Crippen LogP contribution is 2.24. The summed E-state index contributed by atoms with van der Waals surface area (Å²) in [7, 11) is 0. The first-order valence-electron chi connectivity index (χ1n) is 6.34. The van der Waals surface area contributed by atoms with Crippen molar-refractivity contribution in [1.29, 1.82) is 0 Å².